The van der Waals surface area contributed by atoms with Crippen molar-refractivity contribution >= 4 is 17.1 Å². The summed E-state index contributed by atoms with van der Waals surface area (Å²) in [6.07, 6.45) is 1.78. The molecule has 3 heterocycles. The molecule has 1 aliphatic heterocycles. The molecule has 4 rings (SSSR count). The Morgan fingerprint density at radius 3 is 2.58 bits per heavy atom. The topological polar surface area (TPSA) is 77.1 Å². The molecule has 3 aromatic rings. The van der Waals surface area contributed by atoms with Gasteiger partial charge in [-0.25, -0.2) is 4.79 Å². The van der Waals surface area contributed by atoms with Crippen LogP contribution in [0.4, 0.5) is 5.95 Å². The number of anilines is 1. The lowest BCUT2D eigenvalue weighted by Crippen LogP contribution is -2.40. The lowest BCUT2D eigenvalue weighted by atomic mass is 10.1. The minimum absolute atomic E-state index is 0.249. The lowest BCUT2D eigenvalue weighted by Gasteiger charge is -2.22. The third kappa shape index (κ3) is 4.30. The Kier molecular flexibility index (Phi) is 6.27. The average molecular weight is 425 g/mol. The van der Waals surface area contributed by atoms with E-state index in [1.807, 2.05) is 22.8 Å². The van der Waals surface area contributed by atoms with Crippen molar-refractivity contribution in [2.45, 2.75) is 39.8 Å². The molecule has 0 atom stereocenters. The predicted molar refractivity (Wildman–Crippen MR) is 124 cm³/mol. The molecule has 1 saturated heterocycles. The van der Waals surface area contributed by atoms with Crippen LogP contribution >= 0.6 is 0 Å². The lowest BCUT2D eigenvalue weighted by molar-refractivity contribution is 0.487. The quantitative estimate of drug-likeness (QED) is 0.653. The molecule has 0 saturated carbocycles. The maximum Gasteiger partial charge on any atom is 0.332 e. The van der Waals surface area contributed by atoms with Gasteiger partial charge in [0.15, 0.2) is 11.2 Å². The smallest absolute Gasteiger partial charge is 0.332 e. The molecule has 0 unspecified atom stereocenters. The average Bonchev–Trinajstić information content (AvgIpc) is 2.93. The zero-order valence-electron chi connectivity index (χ0n) is 18.7. The Morgan fingerprint density at radius 1 is 1.06 bits per heavy atom. The van der Waals surface area contributed by atoms with Crippen molar-refractivity contribution < 1.29 is 0 Å². The monoisotopic (exact) mass is 424 g/mol. The van der Waals surface area contributed by atoms with E-state index in [0.717, 1.165) is 50.5 Å². The number of fused-ring (bicyclic) bond motifs is 1. The van der Waals surface area contributed by atoms with Crippen molar-refractivity contribution in [3.8, 4) is 0 Å². The minimum atomic E-state index is -0.299. The van der Waals surface area contributed by atoms with Gasteiger partial charge >= 0.3 is 5.69 Å². The van der Waals surface area contributed by atoms with Gasteiger partial charge in [-0.15, -0.1) is 0 Å². The van der Waals surface area contributed by atoms with Crippen LogP contribution < -0.4 is 21.5 Å². The molecule has 1 aromatic carbocycles. The van der Waals surface area contributed by atoms with Gasteiger partial charge in [0.25, 0.3) is 5.56 Å². The van der Waals surface area contributed by atoms with E-state index in [4.69, 9.17) is 4.98 Å². The van der Waals surface area contributed by atoms with Gasteiger partial charge in [0.2, 0.25) is 5.95 Å². The number of imidazole rings is 1. The third-order valence-corrected chi connectivity index (χ3v) is 5.95. The zero-order valence-corrected chi connectivity index (χ0v) is 18.7. The number of benzene rings is 1. The van der Waals surface area contributed by atoms with Gasteiger partial charge in [-0.05, 0) is 30.9 Å². The molecule has 0 bridgehead atoms. The molecule has 166 valence electrons. The van der Waals surface area contributed by atoms with Gasteiger partial charge in [-0.3, -0.25) is 18.5 Å². The Morgan fingerprint density at radius 2 is 1.84 bits per heavy atom. The van der Waals surface area contributed by atoms with E-state index in [9.17, 15) is 9.59 Å². The highest BCUT2D eigenvalue weighted by atomic mass is 16.2. The van der Waals surface area contributed by atoms with Gasteiger partial charge in [0, 0.05) is 33.2 Å². The summed E-state index contributed by atoms with van der Waals surface area (Å²) in [5, 5.41) is 3.42. The van der Waals surface area contributed by atoms with E-state index in [1.54, 1.807) is 7.05 Å². The van der Waals surface area contributed by atoms with E-state index in [2.05, 4.69) is 36.2 Å². The SMILES string of the molecule is CC(C)CCn1c(=O)c2c(nc(N3CCCNCC3)n2Cc2ccccc2)n(C)c1=O. The summed E-state index contributed by atoms with van der Waals surface area (Å²) >= 11 is 0. The number of aromatic nitrogens is 4. The van der Waals surface area contributed by atoms with Crippen molar-refractivity contribution in [3.05, 3.63) is 56.7 Å². The highest BCUT2D eigenvalue weighted by molar-refractivity contribution is 5.74. The van der Waals surface area contributed by atoms with Gasteiger partial charge in [-0.2, -0.15) is 4.98 Å². The molecule has 1 N–H and O–H groups in total. The van der Waals surface area contributed by atoms with Crippen molar-refractivity contribution in [2.75, 3.05) is 31.1 Å². The van der Waals surface area contributed by atoms with Crippen LogP contribution in [-0.4, -0.2) is 44.9 Å². The number of hydrogen-bond donors (Lipinski definition) is 1. The maximum absolute atomic E-state index is 13.5. The molecular weight excluding hydrogens is 392 g/mol. The summed E-state index contributed by atoms with van der Waals surface area (Å²) < 4.78 is 4.90. The fourth-order valence-electron chi connectivity index (χ4n) is 4.15. The van der Waals surface area contributed by atoms with Gasteiger partial charge in [0.1, 0.15) is 0 Å². The minimum Gasteiger partial charge on any atom is -0.341 e. The second-order valence-corrected chi connectivity index (χ2v) is 8.73. The summed E-state index contributed by atoms with van der Waals surface area (Å²) in [5.41, 5.74) is 1.51. The molecule has 31 heavy (non-hydrogen) atoms. The van der Waals surface area contributed by atoms with Crippen LogP contribution in [0.3, 0.4) is 0 Å². The molecule has 0 radical (unpaired) electrons. The largest absolute Gasteiger partial charge is 0.341 e. The molecule has 2 aromatic heterocycles. The second-order valence-electron chi connectivity index (χ2n) is 8.73. The van der Waals surface area contributed by atoms with E-state index in [0.29, 0.717) is 30.2 Å². The molecule has 0 aliphatic carbocycles. The van der Waals surface area contributed by atoms with Crippen LogP contribution in [0.5, 0.6) is 0 Å². The first-order valence-electron chi connectivity index (χ1n) is 11.2. The number of nitrogens with zero attached hydrogens (tertiary/aromatic N) is 5. The van der Waals surface area contributed by atoms with E-state index in [1.165, 1.54) is 9.13 Å². The van der Waals surface area contributed by atoms with Crippen LogP contribution in [0.2, 0.25) is 0 Å². The Labute approximate surface area is 182 Å². The fraction of sp³-hybridized carbons (Fsp3) is 0.522. The van der Waals surface area contributed by atoms with E-state index < -0.39 is 0 Å². The summed E-state index contributed by atoms with van der Waals surface area (Å²) in [4.78, 5) is 33.6. The Hall–Kier alpha value is -2.87. The van der Waals surface area contributed by atoms with E-state index >= 15 is 0 Å². The van der Waals surface area contributed by atoms with Crippen LogP contribution in [0.15, 0.2) is 39.9 Å². The number of hydrogen-bond acceptors (Lipinski definition) is 5. The standard InChI is InChI=1S/C23H32N6O2/c1-17(2)10-14-28-21(30)19-20(26(3)23(28)31)25-22(27-13-7-11-24-12-15-27)29(19)16-18-8-5-4-6-9-18/h4-6,8-9,17,24H,7,10-16H2,1-3H3. The number of aryl methyl sites for hydroxylation is 1. The van der Waals surface area contributed by atoms with Gasteiger partial charge < -0.3 is 10.2 Å². The van der Waals surface area contributed by atoms with Gasteiger partial charge in [-0.1, -0.05) is 44.2 Å². The Balaban J connectivity index is 1.92. The van der Waals surface area contributed by atoms with Crippen LogP contribution in [0, 0.1) is 5.92 Å². The van der Waals surface area contributed by atoms with Crippen molar-refractivity contribution in [3.63, 3.8) is 0 Å². The molecule has 8 heteroatoms. The van der Waals surface area contributed by atoms with Gasteiger partial charge in [0.05, 0.1) is 6.54 Å². The fourth-order valence-corrected chi connectivity index (χ4v) is 4.15. The summed E-state index contributed by atoms with van der Waals surface area (Å²) in [7, 11) is 1.71. The number of rotatable bonds is 6. The Bertz CT molecular complexity index is 1150. The summed E-state index contributed by atoms with van der Waals surface area (Å²) in [6, 6.07) is 10.1. The molecule has 0 amide bonds. The molecule has 1 aliphatic rings. The first kappa shape index (κ1) is 21.4. The zero-order chi connectivity index (χ0) is 22.0. The van der Waals surface area contributed by atoms with Crippen molar-refractivity contribution in [1.29, 1.82) is 0 Å². The highest BCUT2D eigenvalue weighted by Crippen LogP contribution is 2.22. The second kappa shape index (κ2) is 9.09. The van der Waals surface area contributed by atoms with E-state index in [-0.39, 0.29) is 11.2 Å². The summed E-state index contributed by atoms with van der Waals surface area (Å²) in [6.45, 7) is 8.65. The van der Waals surface area contributed by atoms with Crippen LogP contribution in [-0.2, 0) is 20.1 Å². The van der Waals surface area contributed by atoms with Crippen molar-refractivity contribution in [1.82, 2.24) is 24.0 Å². The third-order valence-electron chi connectivity index (χ3n) is 5.95. The first-order chi connectivity index (χ1) is 15.0. The van der Waals surface area contributed by atoms with Crippen LogP contribution in [0.25, 0.3) is 11.2 Å². The maximum atomic E-state index is 13.5. The van der Waals surface area contributed by atoms with Crippen molar-refractivity contribution in [2.24, 2.45) is 13.0 Å². The predicted octanol–water partition coefficient (Wildman–Crippen LogP) is 1.79. The molecular formula is C23H32N6O2. The first-order valence-corrected chi connectivity index (χ1v) is 11.2. The molecule has 0 spiro atoms. The van der Waals surface area contributed by atoms with Crippen LogP contribution in [0.1, 0.15) is 32.3 Å². The highest BCUT2D eigenvalue weighted by Gasteiger charge is 2.24. The summed E-state index contributed by atoms with van der Waals surface area (Å²) in [5.74, 6) is 1.16. The molecule has 1 fully saturated rings. The number of nitrogens with one attached hydrogen (secondary N) is 1. The molecule has 8 nitrogen and oxygen atoms in total. The normalized spacial score (nSPS) is 15.0.